The van der Waals surface area contributed by atoms with Crippen molar-refractivity contribution in [3.05, 3.63) is 47.5 Å². The Hall–Kier alpha value is -2.62. The molecule has 2 N–H and O–H groups in total. The van der Waals surface area contributed by atoms with E-state index < -0.39 is 5.75 Å². The molecule has 90 valence electrons. The second-order valence-corrected chi connectivity index (χ2v) is 3.72. The number of aldehydes is 2. The molecule has 2 aromatic carbocycles. The van der Waals surface area contributed by atoms with E-state index in [1.807, 2.05) is 0 Å². The molecule has 4 heteroatoms. The number of carbonyl (C=O) groups excluding carboxylic acids is 2. The highest BCUT2D eigenvalue weighted by Crippen LogP contribution is 2.39. The van der Waals surface area contributed by atoms with Crippen molar-refractivity contribution < 1.29 is 19.8 Å². The van der Waals surface area contributed by atoms with Crippen LogP contribution in [-0.4, -0.2) is 22.8 Å². The number of phenolic OH excluding ortho intramolecular Hbond substituents is 2. The molecule has 0 heterocycles. The van der Waals surface area contributed by atoms with Crippen LogP contribution in [0.5, 0.6) is 11.5 Å². The molecule has 0 aliphatic rings. The Labute approximate surface area is 103 Å². The van der Waals surface area contributed by atoms with E-state index in [1.54, 1.807) is 24.3 Å². The Balaban J connectivity index is 2.81. The monoisotopic (exact) mass is 242 g/mol. The van der Waals surface area contributed by atoms with Crippen molar-refractivity contribution in [2.24, 2.45) is 0 Å². The molecule has 0 atom stereocenters. The van der Waals surface area contributed by atoms with Gasteiger partial charge in [-0.25, -0.2) is 0 Å². The van der Waals surface area contributed by atoms with Gasteiger partial charge < -0.3 is 10.2 Å². The number of hydrogen-bond donors (Lipinski definition) is 2. The van der Waals surface area contributed by atoms with Gasteiger partial charge >= 0.3 is 0 Å². The lowest BCUT2D eigenvalue weighted by molar-refractivity contribution is 0.111. The molecule has 2 aromatic rings. The van der Waals surface area contributed by atoms with Crippen LogP contribution in [0.1, 0.15) is 20.7 Å². The SMILES string of the molecule is O=Cc1ccccc1-c1c(C=O)ccc(O)c1O. The molecular formula is C14H10O4. The fourth-order valence-electron chi connectivity index (χ4n) is 1.80. The summed E-state index contributed by atoms with van der Waals surface area (Å²) < 4.78 is 0. The van der Waals surface area contributed by atoms with Crippen molar-refractivity contribution in [2.75, 3.05) is 0 Å². The van der Waals surface area contributed by atoms with Crippen LogP contribution >= 0.6 is 0 Å². The van der Waals surface area contributed by atoms with Crippen molar-refractivity contribution in [3.8, 4) is 22.6 Å². The van der Waals surface area contributed by atoms with Crippen molar-refractivity contribution in [3.63, 3.8) is 0 Å². The Morgan fingerprint density at radius 1 is 0.833 bits per heavy atom. The molecule has 0 bridgehead atoms. The number of rotatable bonds is 3. The molecule has 0 spiro atoms. The molecule has 2 rings (SSSR count). The Kier molecular flexibility index (Phi) is 3.10. The summed E-state index contributed by atoms with van der Waals surface area (Å²) in [5.41, 5.74) is 1.11. The van der Waals surface area contributed by atoms with Crippen LogP contribution in [0.2, 0.25) is 0 Å². The van der Waals surface area contributed by atoms with Gasteiger partial charge in [0.25, 0.3) is 0 Å². The van der Waals surface area contributed by atoms with E-state index in [2.05, 4.69) is 0 Å². The average Bonchev–Trinajstić information content (AvgIpc) is 2.41. The standard InChI is InChI=1S/C14H10O4/c15-7-9-3-1-2-4-11(9)13-10(8-16)5-6-12(17)14(13)18/h1-8,17-18H. The highest BCUT2D eigenvalue weighted by Gasteiger charge is 2.16. The third kappa shape index (κ3) is 1.84. The first-order valence-electron chi connectivity index (χ1n) is 5.23. The van der Waals surface area contributed by atoms with Crippen molar-refractivity contribution in [1.82, 2.24) is 0 Å². The molecule has 18 heavy (non-hydrogen) atoms. The van der Waals surface area contributed by atoms with Crippen LogP contribution in [0, 0.1) is 0 Å². The first kappa shape index (κ1) is 11.9. The average molecular weight is 242 g/mol. The van der Waals surface area contributed by atoms with Gasteiger partial charge in [0, 0.05) is 16.7 Å². The molecule has 0 aliphatic carbocycles. The molecule has 0 fully saturated rings. The van der Waals surface area contributed by atoms with Gasteiger partial charge in [-0.15, -0.1) is 0 Å². The zero-order valence-corrected chi connectivity index (χ0v) is 9.33. The lowest BCUT2D eigenvalue weighted by Gasteiger charge is -2.11. The number of aromatic hydroxyl groups is 2. The van der Waals surface area contributed by atoms with Gasteiger partial charge in [-0.2, -0.15) is 0 Å². The second kappa shape index (κ2) is 4.71. The second-order valence-electron chi connectivity index (χ2n) is 3.72. The molecule has 0 unspecified atom stereocenters. The van der Waals surface area contributed by atoms with Crippen molar-refractivity contribution in [2.45, 2.75) is 0 Å². The Morgan fingerprint density at radius 2 is 1.50 bits per heavy atom. The van der Waals surface area contributed by atoms with Gasteiger partial charge in [-0.05, 0) is 17.7 Å². The third-order valence-electron chi connectivity index (χ3n) is 2.67. The molecule has 0 saturated carbocycles. The largest absolute Gasteiger partial charge is 0.504 e. The fraction of sp³-hybridized carbons (Fsp3) is 0. The molecule has 0 aromatic heterocycles. The summed E-state index contributed by atoms with van der Waals surface area (Å²) in [6.45, 7) is 0. The van der Waals surface area contributed by atoms with E-state index >= 15 is 0 Å². The van der Waals surface area contributed by atoms with Gasteiger partial charge in [-0.3, -0.25) is 9.59 Å². The van der Waals surface area contributed by atoms with Crippen LogP contribution < -0.4 is 0 Å². The van der Waals surface area contributed by atoms with E-state index in [-0.39, 0.29) is 16.9 Å². The summed E-state index contributed by atoms with van der Waals surface area (Å²) in [4.78, 5) is 21.9. The highest BCUT2D eigenvalue weighted by atomic mass is 16.3. The maximum absolute atomic E-state index is 11.0. The molecule has 0 saturated heterocycles. The maximum atomic E-state index is 11.0. The molecule has 0 amide bonds. The van der Waals surface area contributed by atoms with Crippen LogP contribution in [-0.2, 0) is 0 Å². The van der Waals surface area contributed by atoms with Gasteiger partial charge in [0.1, 0.15) is 0 Å². The molecular weight excluding hydrogens is 232 g/mol. The summed E-state index contributed by atoms with van der Waals surface area (Å²) in [5, 5.41) is 19.3. The Morgan fingerprint density at radius 3 is 2.17 bits per heavy atom. The van der Waals surface area contributed by atoms with Crippen molar-refractivity contribution in [1.29, 1.82) is 0 Å². The van der Waals surface area contributed by atoms with E-state index in [1.165, 1.54) is 12.1 Å². The summed E-state index contributed by atoms with van der Waals surface area (Å²) in [6, 6.07) is 9.14. The predicted octanol–water partition coefficient (Wildman–Crippen LogP) is 2.39. The zero-order chi connectivity index (χ0) is 13.1. The Bertz CT molecular complexity index is 617. The van der Waals surface area contributed by atoms with Gasteiger partial charge in [0.05, 0.1) is 0 Å². The summed E-state index contributed by atoms with van der Waals surface area (Å²) >= 11 is 0. The van der Waals surface area contributed by atoms with Gasteiger partial charge in [0.15, 0.2) is 24.1 Å². The van der Waals surface area contributed by atoms with E-state index in [0.29, 0.717) is 23.7 Å². The normalized spacial score (nSPS) is 10.0. The van der Waals surface area contributed by atoms with Crippen LogP contribution in [0.25, 0.3) is 11.1 Å². The fourth-order valence-corrected chi connectivity index (χ4v) is 1.80. The summed E-state index contributed by atoms with van der Waals surface area (Å²) in [7, 11) is 0. The smallest absolute Gasteiger partial charge is 0.166 e. The predicted molar refractivity (Wildman–Crippen MR) is 66.0 cm³/mol. The highest BCUT2D eigenvalue weighted by molar-refractivity contribution is 5.97. The third-order valence-corrected chi connectivity index (χ3v) is 2.67. The number of carbonyl (C=O) groups is 2. The molecule has 0 radical (unpaired) electrons. The van der Waals surface area contributed by atoms with Crippen LogP contribution in [0.3, 0.4) is 0 Å². The number of benzene rings is 2. The minimum Gasteiger partial charge on any atom is -0.504 e. The van der Waals surface area contributed by atoms with E-state index in [9.17, 15) is 19.8 Å². The summed E-state index contributed by atoms with van der Waals surface area (Å²) in [6.07, 6.45) is 1.20. The van der Waals surface area contributed by atoms with E-state index in [4.69, 9.17) is 0 Å². The van der Waals surface area contributed by atoms with Crippen LogP contribution in [0.4, 0.5) is 0 Å². The van der Waals surface area contributed by atoms with Crippen LogP contribution in [0.15, 0.2) is 36.4 Å². The molecule has 0 aliphatic heterocycles. The molecule has 4 nitrogen and oxygen atoms in total. The number of hydrogen-bond acceptors (Lipinski definition) is 4. The maximum Gasteiger partial charge on any atom is 0.166 e. The first-order chi connectivity index (χ1) is 8.69. The minimum atomic E-state index is -0.408. The topological polar surface area (TPSA) is 74.6 Å². The minimum absolute atomic E-state index is 0.160. The van der Waals surface area contributed by atoms with Gasteiger partial charge in [-0.1, -0.05) is 24.3 Å². The van der Waals surface area contributed by atoms with Gasteiger partial charge in [0.2, 0.25) is 0 Å². The number of phenols is 2. The first-order valence-corrected chi connectivity index (χ1v) is 5.23. The summed E-state index contributed by atoms with van der Waals surface area (Å²) in [5.74, 6) is -0.745. The quantitative estimate of drug-likeness (QED) is 0.640. The van der Waals surface area contributed by atoms with E-state index in [0.717, 1.165) is 0 Å². The lowest BCUT2D eigenvalue weighted by atomic mass is 9.95. The van der Waals surface area contributed by atoms with Crippen molar-refractivity contribution >= 4 is 12.6 Å². The lowest BCUT2D eigenvalue weighted by Crippen LogP contribution is -1.93. The zero-order valence-electron chi connectivity index (χ0n) is 9.33.